The largest absolute Gasteiger partial charge is 0.351 e. The first-order chi connectivity index (χ1) is 10.2. The SMILES string of the molecule is Cc1cccc(CCNC(=O)c2sccc2C#CCN)c1. The first-order valence-electron chi connectivity index (χ1n) is 6.81. The molecule has 1 aromatic heterocycles. The highest BCUT2D eigenvalue weighted by atomic mass is 32.1. The van der Waals surface area contributed by atoms with Crippen molar-refractivity contribution in [2.24, 2.45) is 5.73 Å². The number of aryl methyl sites for hydroxylation is 1. The summed E-state index contributed by atoms with van der Waals surface area (Å²) in [4.78, 5) is 12.8. The lowest BCUT2D eigenvalue weighted by atomic mass is 10.1. The predicted octanol–water partition coefficient (Wildman–Crippen LogP) is 2.34. The molecular formula is C17H18N2OS. The molecule has 0 radical (unpaired) electrons. The summed E-state index contributed by atoms with van der Waals surface area (Å²) in [6.07, 6.45) is 0.822. The minimum absolute atomic E-state index is 0.0704. The second-order valence-electron chi connectivity index (χ2n) is 4.66. The molecule has 0 aliphatic carbocycles. The van der Waals surface area contributed by atoms with Crippen molar-refractivity contribution in [3.8, 4) is 11.8 Å². The molecule has 1 amide bonds. The summed E-state index contributed by atoms with van der Waals surface area (Å²) >= 11 is 1.40. The topological polar surface area (TPSA) is 55.1 Å². The predicted molar refractivity (Wildman–Crippen MR) is 87.5 cm³/mol. The monoisotopic (exact) mass is 298 g/mol. The summed E-state index contributed by atoms with van der Waals surface area (Å²) in [5, 5.41) is 4.81. The molecule has 3 N–H and O–H groups in total. The zero-order chi connectivity index (χ0) is 15.1. The third kappa shape index (κ3) is 4.45. The van der Waals surface area contributed by atoms with Crippen LogP contribution in [0.25, 0.3) is 0 Å². The van der Waals surface area contributed by atoms with Crippen LogP contribution in [0.1, 0.15) is 26.4 Å². The molecule has 1 aromatic carbocycles. The van der Waals surface area contributed by atoms with Crippen molar-refractivity contribution in [3.63, 3.8) is 0 Å². The average molecular weight is 298 g/mol. The van der Waals surface area contributed by atoms with E-state index in [0.717, 1.165) is 12.0 Å². The molecule has 4 heteroatoms. The van der Waals surface area contributed by atoms with E-state index in [9.17, 15) is 4.79 Å². The number of rotatable bonds is 4. The van der Waals surface area contributed by atoms with Gasteiger partial charge < -0.3 is 11.1 Å². The average Bonchev–Trinajstić information content (AvgIpc) is 2.93. The third-order valence-electron chi connectivity index (χ3n) is 2.98. The first-order valence-corrected chi connectivity index (χ1v) is 7.69. The van der Waals surface area contributed by atoms with Gasteiger partial charge in [-0.1, -0.05) is 41.7 Å². The smallest absolute Gasteiger partial charge is 0.262 e. The quantitative estimate of drug-likeness (QED) is 0.851. The Morgan fingerprint density at radius 1 is 1.38 bits per heavy atom. The highest BCUT2D eigenvalue weighted by Crippen LogP contribution is 2.15. The Hall–Kier alpha value is -2.09. The van der Waals surface area contributed by atoms with Gasteiger partial charge in [0.1, 0.15) is 4.88 Å². The van der Waals surface area contributed by atoms with Crippen molar-refractivity contribution in [1.29, 1.82) is 0 Å². The number of hydrogen-bond acceptors (Lipinski definition) is 3. The fourth-order valence-corrected chi connectivity index (χ4v) is 2.76. The molecule has 0 fully saturated rings. The van der Waals surface area contributed by atoms with Gasteiger partial charge in [-0.05, 0) is 30.4 Å². The summed E-state index contributed by atoms with van der Waals surface area (Å²) in [5.41, 5.74) is 8.57. The molecule has 2 aromatic rings. The molecule has 0 saturated carbocycles. The van der Waals surface area contributed by atoms with Crippen LogP contribution in [0.3, 0.4) is 0 Å². The van der Waals surface area contributed by atoms with Crippen molar-refractivity contribution < 1.29 is 4.79 Å². The zero-order valence-corrected chi connectivity index (χ0v) is 12.8. The molecule has 0 bridgehead atoms. The molecule has 0 unspecified atom stereocenters. The van der Waals surface area contributed by atoms with Crippen LogP contribution >= 0.6 is 11.3 Å². The lowest BCUT2D eigenvalue weighted by Gasteiger charge is -2.05. The van der Waals surface area contributed by atoms with Gasteiger partial charge >= 0.3 is 0 Å². The third-order valence-corrected chi connectivity index (χ3v) is 3.89. The Bertz CT molecular complexity index is 679. The fraction of sp³-hybridized carbons (Fsp3) is 0.235. The number of nitrogens with two attached hydrogens (primary N) is 1. The zero-order valence-electron chi connectivity index (χ0n) is 12.0. The normalized spacial score (nSPS) is 9.81. The second kappa shape index (κ2) is 7.63. The highest BCUT2D eigenvalue weighted by Gasteiger charge is 2.11. The maximum atomic E-state index is 12.1. The van der Waals surface area contributed by atoms with Crippen LogP contribution in [0.2, 0.25) is 0 Å². The van der Waals surface area contributed by atoms with Gasteiger partial charge in [0.2, 0.25) is 0 Å². The summed E-state index contributed by atoms with van der Waals surface area (Å²) in [5.74, 6) is 5.63. The summed E-state index contributed by atoms with van der Waals surface area (Å²) in [6.45, 7) is 2.98. The Balaban J connectivity index is 1.92. The molecule has 0 saturated heterocycles. The maximum absolute atomic E-state index is 12.1. The molecule has 3 nitrogen and oxygen atoms in total. The molecule has 0 aliphatic rings. The van der Waals surface area contributed by atoms with Crippen molar-refractivity contribution in [2.75, 3.05) is 13.1 Å². The number of carbonyl (C=O) groups excluding carboxylic acids is 1. The van der Waals surface area contributed by atoms with Gasteiger partial charge in [0, 0.05) is 12.1 Å². The molecule has 0 atom stereocenters. The molecule has 2 rings (SSSR count). The van der Waals surface area contributed by atoms with E-state index in [-0.39, 0.29) is 5.91 Å². The number of thiophene rings is 1. The van der Waals surface area contributed by atoms with Crippen LogP contribution in [0.5, 0.6) is 0 Å². The molecule has 0 aliphatic heterocycles. The van der Waals surface area contributed by atoms with Gasteiger partial charge in [0.25, 0.3) is 5.91 Å². The summed E-state index contributed by atoms with van der Waals surface area (Å²) in [6, 6.07) is 10.2. The van der Waals surface area contributed by atoms with Gasteiger partial charge in [0.05, 0.1) is 6.54 Å². The van der Waals surface area contributed by atoms with Gasteiger partial charge in [0.15, 0.2) is 0 Å². The number of amides is 1. The number of carbonyl (C=O) groups is 1. The van der Waals surface area contributed by atoms with Crippen LogP contribution in [0.4, 0.5) is 0 Å². The lowest BCUT2D eigenvalue weighted by Crippen LogP contribution is -2.25. The van der Waals surface area contributed by atoms with Gasteiger partial charge in [-0.3, -0.25) is 4.79 Å². The molecule has 108 valence electrons. The Morgan fingerprint density at radius 2 is 2.24 bits per heavy atom. The van der Waals surface area contributed by atoms with Gasteiger partial charge in [-0.2, -0.15) is 0 Å². The minimum atomic E-state index is -0.0704. The van der Waals surface area contributed by atoms with E-state index in [4.69, 9.17) is 5.73 Å². The Labute approximate surface area is 129 Å². The van der Waals surface area contributed by atoms with E-state index in [0.29, 0.717) is 18.0 Å². The van der Waals surface area contributed by atoms with E-state index in [1.54, 1.807) is 0 Å². The van der Waals surface area contributed by atoms with Crippen LogP contribution in [0.15, 0.2) is 35.7 Å². The van der Waals surface area contributed by atoms with Crippen LogP contribution in [-0.2, 0) is 6.42 Å². The number of hydrogen-bond donors (Lipinski definition) is 2. The van der Waals surface area contributed by atoms with Crippen LogP contribution < -0.4 is 11.1 Å². The second-order valence-corrected chi connectivity index (χ2v) is 5.58. The summed E-state index contributed by atoms with van der Waals surface area (Å²) < 4.78 is 0. The number of nitrogens with one attached hydrogen (secondary N) is 1. The molecule has 21 heavy (non-hydrogen) atoms. The Morgan fingerprint density at radius 3 is 3.00 bits per heavy atom. The van der Waals surface area contributed by atoms with Crippen molar-refractivity contribution in [2.45, 2.75) is 13.3 Å². The van der Waals surface area contributed by atoms with Crippen molar-refractivity contribution in [1.82, 2.24) is 5.32 Å². The molecule has 1 heterocycles. The van der Waals surface area contributed by atoms with E-state index in [1.165, 1.54) is 22.5 Å². The van der Waals surface area contributed by atoms with Crippen LogP contribution in [-0.4, -0.2) is 19.0 Å². The highest BCUT2D eigenvalue weighted by molar-refractivity contribution is 7.12. The fourth-order valence-electron chi connectivity index (χ4n) is 2.00. The maximum Gasteiger partial charge on any atom is 0.262 e. The molecular weight excluding hydrogens is 280 g/mol. The first kappa shape index (κ1) is 15.3. The minimum Gasteiger partial charge on any atom is -0.351 e. The van der Waals surface area contributed by atoms with Crippen LogP contribution in [0, 0.1) is 18.8 Å². The lowest BCUT2D eigenvalue weighted by molar-refractivity contribution is 0.0958. The van der Waals surface area contributed by atoms with E-state index < -0.39 is 0 Å². The van der Waals surface area contributed by atoms with Crippen molar-refractivity contribution in [3.05, 3.63) is 57.3 Å². The molecule has 0 spiro atoms. The van der Waals surface area contributed by atoms with Crippen molar-refractivity contribution >= 4 is 17.2 Å². The van der Waals surface area contributed by atoms with E-state index >= 15 is 0 Å². The van der Waals surface area contributed by atoms with Gasteiger partial charge in [-0.25, -0.2) is 0 Å². The standard InChI is InChI=1S/C17H18N2OS/c1-13-4-2-5-14(12-13)7-10-19-17(20)16-15(6-3-9-18)8-11-21-16/h2,4-5,8,11-12H,7,9-10,18H2,1H3,(H,19,20). The van der Waals surface area contributed by atoms with E-state index in [2.05, 4.69) is 42.3 Å². The summed E-state index contributed by atoms with van der Waals surface area (Å²) in [7, 11) is 0. The Kier molecular flexibility index (Phi) is 5.56. The van der Waals surface area contributed by atoms with Gasteiger partial charge in [-0.15, -0.1) is 11.3 Å². The van der Waals surface area contributed by atoms with E-state index in [1.807, 2.05) is 17.5 Å². The number of benzene rings is 1.